The van der Waals surface area contributed by atoms with E-state index in [0.29, 0.717) is 35.0 Å². The number of hydrogen-bond donors (Lipinski definition) is 2. The third-order valence-corrected chi connectivity index (χ3v) is 3.84. The van der Waals surface area contributed by atoms with Crippen LogP contribution in [-0.2, 0) is 4.74 Å². The zero-order valence-electron chi connectivity index (χ0n) is 12.8. The predicted molar refractivity (Wildman–Crippen MR) is 89.2 cm³/mol. The van der Waals surface area contributed by atoms with Crippen molar-refractivity contribution in [3.8, 4) is 5.75 Å². The lowest BCUT2D eigenvalue weighted by molar-refractivity contribution is -0.105. The Hall–Kier alpha value is -2.31. The van der Waals surface area contributed by atoms with Crippen molar-refractivity contribution in [3.05, 3.63) is 53.0 Å². The van der Waals surface area contributed by atoms with Crippen LogP contribution in [0.2, 0.25) is 0 Å². The van der Waals surface area contributed by atoms with Crippen molar-refractivity contribution >= 4 is 11.4 Å². The van der Waals surface area contributed by atoms with E-state index in [2.05, 4.69) is 0 Å². The highest BCUT2D eigenvalue weighted by Crippen LogP contribution is 2.27. The fourth-order valence-corrected chi connectivity index (χ4v) is 2.56. The first-order chi connectivity index (χ1) is 11.1. The second kappa shape index (κ2) is 6.85. The molecule has 0 amide bonds. The highest BCUT2D eigenvalue weighted by Gasteiger charge is 2.15. The quantitative estimate of drug-likeness (QED) is 0.833. The summed E-state index contributed by atoms with van der Waals surface area (Å²) in [5, 5.41) is 20.8. The molecule has 1 unspecified atom stereocenters. The van der Waals surface area contributed by atoms with E-state index in [9.17, 15) is 5.21 Å². The van der Waals surface area contributed by atoms with Crippen LogP contribution in [0.3, 0.4) is 0 Å². The molecular weight excluding hydrogens is 294 g/mol. The molecule has 6 heteroatoms. The average molecular weight is 314 g/mol. The molecule has 3 N–H and O–H groups in total. The molecule has 122 valence electrons. The van der Waals surface area contributed by atoms with E-state index in [1.165, 1.54) is 6.08 Å². The van der Waals surface area contributed by atoms with Gasteiger partial charge in [0.1, 0.15) is 5.75 Å². The number of benzene rings is 1. The van der Waals surface area contributed by atoms with E-state index in [0.717, 1.165) is 30.9 Å². The fraction of sp³-hybridized carbons (Fsp3) is 0.353. The highest BCUT2D eigenvalue weighted by atomic mass is 16.7. The molecule has 1 aliphatic carbocycles. The Morgan fingerprint density at radius 2 is 2.04 bits per heavy atom. The maximum atomic E-state index is 12.4. The summed E-state index contributed by atoms with van der Waals surface area (Å²) in [7, 11) is 0. The molecule has 1 atom stereocenters. The molecule has 3 rings (SSSR count). The van der Waals surface area contributed by atoms with Gasteiger partial charge in [-0.1, -0.05) is 6.08 Å². The van der Waals surface area contributed by atoms with E-state index in [-0.39, 0.29) is 6.29 Å². The van der Waals surface area contributed by atoms with Gasteiger partial charge in [-0.3, -0.25) is 0 Å². The van der Waals surface area contributed by atoms with Gasteiger partial charge in [0.15, 0.2) is 6.29 Å². The van der Waals surface area contributed by atoms with Crippen molar-refractivity contribution in [2.75, 3.05) is 11.7 Å². The molecule has 2 aliphatic rings. The third-order valence-electron chi connectivity index (χ3n) is 3.84. The zero-order chi connectivity index (χ0) is 16.2. The molecule has 23 heavy (non-hydrogen) atoms. The van der Waals surface area contributed by atoms with Gasteiger partial charge in [0.25, 0.3) is 0 Å². The van der Waals surface area contributed by atoms with Crippen LogP contribution in [0.1, 0.15) is 25.7 Å². The maximum absolute atomic E-state index is 12.4. The summed E-state index contributed by atoms with van der Waals surface area (Å²) in [6.45, 7) is 0.725. The summed E-state index contributed by atoms with van der Waals surface area (Å²) >= 11 is 0. The van der Waals surface area contributed by atoms with Crippen molar-refractivity contribution in [1.29, 1.82) is 5.41 Å². The molecule has 0 aromatic heterocycles. The molecular formula is C17H20N3O3-. The number of hydrogen-bond acceptors (Lipinski definition) is 6. The van der Waals surface area contributed by atoms with Crippen LogP contribution in [0.4, 0.5) is 5.69 Å². The lowest BCUT2D eigenvalue weighted by Gasteiger charge is -2.34. The first-order valence-corrected chi connectivity index (χ1v) is 7.74. The molecule has 1 aromatic rings. The van der Waals surface area contributed by atoms with Gasteiger partial charge in [0.2, 0.25) is 0 Å². The molecule has 1 saturated heterocycles. The van der Waals surface area contributed by atoms with E-state index in [1.54, 1.807) is 30.3 Å². The molecule has 1 aliphatic heterocycles. The number of nitrogens with zero attached hydrogens (tertiary/aromatic N) is 1. The van der Waals surface area contributed by atoms with Gasteiger partial charge in [0, 0.05) is 24.2 Å². The lowest BCUT2D eigenvalue weighted by atomic mass is 10.1. The molecule has 0 bridgehead atoms. The number of allylic oxidation sites excluding steroid dienone is 2. The Morgan fingerprint density at radius 1 is 1.26 bits per heavy atom. The van der Waals surface area contributed by atoms with Gasteiger partial charge in [-0.25, -0.2) is 0 Å². The van der Waals surface area contributed by atoms with Gasteiger partial charge in [-0.2, -0.15) is 0 Å². The average Bonchev–Trinajstić information content (AvgIpc) is 2.58. The van der Waals surface area contributed by atoms with Crippen LogP contribution in [0.5, 0.6) is 5.75 Å². The van der Waals surface area contributed by atoms with Gasteiger partial charge < -0.3 is 30.9 Å². The molecule has 1 heterocycles. The Bertz CT molecular complexity index is 631. The van der Waals surface area contributed by atoms with Crippen molar-refractivity contribution < 1.29 is 9.47 Å². The summed E-state index contributed by atoms with van der Waals surface area (Å²) < 4.78 is 11.3. The SMILES string of the molecule is N=C1C=C(N([O-])c2ccc(OC3CCCCO3)cc2)C(N)=CC1. The van der Waals surface area contributed by atoms with Gasteiger partial charge in [-0.15, -0.1) is 0 Å². The van der Waals surface area contributed by atoms with E-state index >= 15 is 0 Å². The monoisotopic (exact) mass is 314 g/mol. The van der Waals surface area contributed by atoms with Crippen LogP contribution in [-0.4, -0.2) is 18.6 Å². The Morgan fingerprint density at radius 3 is 2.74 bits per heavy atom. The van der Waals surface area contributed by atoms with Crippen LogP contribution >= 0.6 is 0 Å². The lowest BCUT2D eigenvalue weighted by Crippen LogP contribution is -2.25. The number of hydroxylamine groups is 1. The van der Waals surface area contributed by atoms with E-state index in [4.69, 9.17) is 20.6 Å². The molecule has 1 aromatic carbocycles. The summed E-state index contributed by atoms with van der Waals surface area (Å²) in [5.74, 6) is 0.669. The molecule has 0 radical (unpaired) electrons. The van der Waals surface area contributed by atoms with Crippen LogP contribution < -0.4 is 15.5 Å². The van der Waals surface area contributed by atoms with Crippen LogP contribution in [0.25, 0.3) is 0 Å². The van der Waals surface area contributed by atoms with E-state index < -0.39 is 0 Å². The number of nitrogens with two attached hydrogens (primary N) is 1. The van der Waals surface area contributed by atoms with Gasteiger partial charge >= 0.3 is 0 Å². The smallest absolute Gasteiger partial charge is 0.199 e. The second-order valence-electron chi connectivity index (χ2n) is 5.62. The fourth-order valence-electron chi connectivity index (χ4n) is 2.56. The topological polar surface area (TPSA) is 94.6 Å². The summed E-state index contributed by atoms with van der Waals surface area (Å²) in [6.07, 6.45) is 6.48. The minimum atomic E-state index is -0.210. The van der Waals surface area contributed by atoms with Gasteiger partial charge in [0.05, 0.1) is 18.0 Å². The summed E-state index contributed by atoms with van der Waals surface area (Å²) in [4.78, 5) is 0. The molecule has 1 fully saturated rings. The Labute approximate surface area is 135 Å². The minimum absolute atomic E-state index is 0.210. The molecule has 0 saturated carbocycles. The van der Waals surface area contributed by atoms with Crippen LogP contribution in [0.15, 0.2) is 47.8 Å². The standard InChI is InChI=1S/C17H20N3O3/c18-12-4-9-15(19)16(11-12)20(21)13-5-7-14(8-6-13)23-17-3-1-2-10-22-17/h5-9,11,17-18H,1-4,10,19H2/q-1. The Balaban J connectivity index is 1.69. The minimum Gasteiger partial charge on any atom is -0.754 e. The first kappa shape index (κ1) is 15.6. The first-order valence-electron chi connectivity index (χ1n) is 7.74. The maximum Gasteiger partial charge on any atom is 0.199 e. The number of anilines is 1. The van der Waals surface area contributed by atoms with Crippen molar-refractivity contribution in [2.45, 2.75) is 32.0 Å². The summed E-state index contributed by atoms with van der Waals surface area (Å²) in [6, 6.07) is 6.84. The Kier molecular flexibility index (Phi) is 4.64. The van der Waals surface area contributed by atoms with Gasteiger partial charge in [-0.05, 0) is 43.2 Å². The van der Waals surface area contributed by atoms with Crippen molar-refractivity contribution in [2.24, 2.45) is 5.73 Å². The van der Waals surface area contributed by atoms with Crippen LogP contribution in [0, 0.1) is 10.6 Å². The van der Waals surface area contributed by atoms with Crippen molar-refractivity contribution in [3.63, 3.8) is 0 Å². The number of ether oxygens (including phenoxy) is 2. The molecule has 6 nitrogen and oxygen atoms in total. The normalized spacial score (nSPS) is 21.4. The predicted octanol–water partition coefficient (Wildman–Crippen LogP) is 3.05. The number of rotatable bonds is 4. The largest absolute Gasteiger partial charge is 0.754 e. The highest BCUT2D eigenvalue weighted by molar-refractivity contribution is 5.96. The van der Waals surface area contributed by atoms with E-state index in [1.807, 2.05) is 0 Å². The number of nitrogens with one attached hydrogen (secondary N) is 1. The summed E-state index contributed by atoms with van der Waals surface area (Å²) in [5.41, 5.74) is 7.35. The molecule has 0 spiro atoms. The third kappa shape index (κ3) is 3.72. The second-order valence-corrected chi connectivity index (χ2v) is 5.62. The van der Waals surface area contributed by atoms with Crippen molar-refractivity contribution in [1.82, 2.24) is 0 Å². The zero-order valence-corrected chi connectivity index (χ0v) is 12.8.